The van der Waals surface area contributed by atoms with E-state index in [2.05, 4.69) is 38.2 Å². The van der Waals surface area contributed by atoms with Gasteiger partial charge in [-0.3, -0.25) is 9.36 Å². The van der Waals surface area contributed by atoms with Crippen molar-refractivity contribution in [2.45, 2.75) is 315 Å². The molecule has 0 amide bonds. The number of phosphoric acid groups is 1. The molecule has 8 nitrogen and oxygen atoms in total. The first-order chi connectivity index (χ1) is 34.6. The van der Waals surface area contributed by atoms with Gasteiger partial charge in [-0.05, 0) is 44.9 Å². The minimum absolute atomic E-state index is 0.0291. The number of quaternary nitrogens is 1. The van der Waals surface area contributed by atoms with E-state index >= 15 is 0 Å². The lowest BCUT2D eigenvalue weighted by Gasteiger charge is -2.28. The molecule has 0 aliphatic heterocycles. The number of likely N-dealkylation sites (N-methyl/N-ethyl adjacent to an activating group) is 1. The molecule has 0 rings (SSSR count). The lowest BCUT2D eigenvalue weighted by atomic mass is 10.0. The molecule has 0 aromatic carbocycles. The quantitative estimate of drug-likeness (QED) is 0.0197. The summed E-state index contributed by atoms with van der Waals surface area (Å²) in [7, 11) is 1.38. The zero-order valence-electron chi connectivity index (χ0n) is 48.2. The Morgan fingerprint density at radius 2 is 0.775 bits per heavy atom. The Balaban J connectivity index is 3.99. The molecule has 0 saturated heterocycles. The zero-order chi connectivity index (χ0) is 51.9. The van der Waals surface area contributed by atoms with E-state index in [4.69, 9.17) is 18.5 Å². The third kappa shape index (κ3) is 59.7. The maximum absolute atomic E-state index is 12.8. The Kier molecular flexibility index (Phi) is 54.4. The van der Waals surface area contributed by atoms with Crippen molar-refractivity contribution in [1.82, 2.24) is 0 Å². The van der Waals surface area contributed by atoms with Gasteiger partial charge < -0.3 is 27.9 Å². The number of rotatable bonds is 59. The molecule has 2 unspecified atom stereocenters. The summed E-state index contributed by atoms with van der Waals surface area (Å²) >= 11 is 0. The van der Waals surface area contributed by atoms with Crippen LogP contribution in [0.4, 0.5) is 0 Å². The third-order valence-corrected chi connectivity index (χ3v) is 15.0. The number of carbonyl (C=O) groups excluding carboxylic acids is 1. The molecule has 0 saturated carbocycles. The third-order valence-electron chi connectivity index (χ3n) is 14.0. The smallest absolute Gasteiger partial charge is 0.306 e. The minimum Gasteiger partial charge on any atom is -0.756 e. The fraction of sp³-hybridized carbons (Fsp3) is 0.919. The minimum atomic E-state index is -4.53. The number of carbonyl (C=O) groups is 1. The molecule has 0 radical (unpaired) electrons. The van der Waals surface area contributed by atoms with Gasteiger partial charge in [0.15, 0.2) is 0 Å². The predicted octanol–water partition coefficient (Wildman–Crippen LogP) is 19.2. The molecular weight excluding hydrogens is 902 g/mol. The molecule has 0 spiro atoms. The molecule has 0 fully saturated rings. The fourth-order valence-electron chi connectivity index (χ4n) is 9.23. The van der Waals surface area contributed by atoms with Gasteiger partial charge in [-0.1, -0.05) is 282 Å². The molecule has 2 atom stereocenters. The van der Waals surface area contributed by atoms with Crippen molar-refractivity contribution < 1.29 is 37.3 Å². The molecule has 0 aromatic heterocycles. The van der Waals surface area contributed by atoms with E-state index < -0.39 is 13.9 Å². The van der Waals surface area contributed by atoms with Crippen LogP contribution >= 0.6 is 7.82 Å². The molecule has 422 valence electrons. The topological polar surface area (TPSA) is 94.1 Å². The molecule has 0 bridgehead atoms. The van der Waals surface area contributed by atoms with Crippen molar-refractivity contribution in [3.05, 3.63) is 24.3 Å². The monoisotopic (exact) mass is 1020 g/mol. The first-order valence-corrected chi connectivity index (χ1v) is 32.5. The molecule has 0 heterocycles. The molecular formula is C62H122NO7P. The first-order valence-electron chi connectivity index (χ1n) is 31.1. The van der Waals surface area contributed by atoms with Crippen LogP contribution in [0.3, 0.4) is 0 Å². The molecule has 0 aromatic rings. The first kappa shape index (κ1) is 70.0. The van der Waals surface area contributed by atoms with Crippen LogP contribution in [0.1, 0.15) is 309 Å². The van der Waals surface area contributed by atoms with Crippen LogP contribution in [-0.2, 0) is 27.9 Å². The second-order valence-corrected chi connectivity index (χ2v) is 23.8. The Morgan fingerprint density at radius 3 is 1.14 bits per heavy atom. The molecule has 0 aliphatic rings. The van der Waals surface area contributed by atoms with Gasteiger partial charge in [0, 0.05) is 13.0 Å². The van der Waals surface area contributed by atoms with Gasteiger partial charge in [-0.2, -0.15) is 0 Å². The van der Waals surface area contributed by atoms with Gasteiger partial charge in [0.1, 0.15) is 19.3 Å². The fourth-order valence-corrected chi connectivity index (χ4v) is 9.96. The number of hydrogen-bond donors (Lipinski definition) is 0. The Labute approximate surface area is 443 Å². The molecule has 9 heteroatoms. The van der Waals surface area contributed by atoms with Crippen molar-refractivity contribution in [2.24, 2.45) is 0 Å². The maximum atomic E-state index is 12.8. The van der Waals surface area contributed by atoms with Crippen molar-refractivity contribution >= 4 is 13.8 Å². The van der Waals surface area contributed by atoms with Crippen LogP contribution in [0.5, 0.6) is 0 Å². The van der Waals surface area contributed by atoms with E-state index in [1.807, 2.05) is 21.1 Å². The van der Waals surface area contributed by atoms with Crippen molar-refractivity contribution in [3.8, 4) is 0 Å². The highest BCUT2D eigenvalue weighted by atomic mass is 31.2. The largest absolute Gasteiger partial charge is 0.756 e. The van der Waals surface area contributed by atoms with Crippen LogP contribution in [0.2, 0.25) is 0 Å². The standard InChI is InChI=1S/C62H122NO7P/c1-6-8-10-12-14-16-18-20-22-24-26-28-30-32-33-35-37-39-41-43-45-47-49-51-53-55-62(64)70-61(60-69-71(65,66)68-58-56-63(3,4)5)59-67-57-54-52-50-48-46-44-42-40-38-36-34-31-29-27-25-23-21-19-17-15-13-11-9-7-2/h18,20,24,26,61H,6-17,19,21-23,25,27-60H2,1-5H3/b20-18-,26-24-. The average molecular weight is 1020 g/mol. The Hall–Kier alpha value is -1.02. The Morgan fingerprint density at radius 1 is 0.437 bits per heavy atom. The van der Waals surface area contributed by atoms with E-state index in [-0.39, 0.29) is 25.8 Å². The van der Waals surface area contributed by atoms with E-state index in [0.29, 0.717) is 24.1 Å². The van der Waals surface area contributed by atoms with Crippen molar-refractivity contribution in [1.29, 1.82) is 0 Å². The van der Waals surface area contributed by atoms with Crippen LogP contribution in [0, 0.1) is 0 Å². The average Bonchev–Trinajstić information content (AvgIpc) is 3.33. The van der Waals surface area contributed by atoms with Crippen LogP contribution < -0.4 is 4.89 Å². The summed E-state index contributed by atoms with van der Waals surface area (Å²) in [6.45, 7) is 5.48. The molecule has 71 heavy (non-hydrogen) atoms. The lowest BCUT2D eigenvalue weighted by Crippen LogP contribution is -2.37. The highest BCUT2D eigenvalue weighted by Gasteiger charge is 2.20. The summed E-state index contributed by atoms with van der Waals surface area (Å²) in [5.41, 5.74) is 0. The number of unbranched alkanes of at least 4 members (excludes halogenated alkanes) is 41. The van der Waals surface area contributed by atoms with E-state index in [0.717, 1.165) is 38.5 Å². The summed E-state index contributed by atoms with van der Waals surface area (Å²) in [5, 5.41) is 0. The summed E-state index contributed by atoms with van der Waals surface area (Å²) in [6.07, 6.45) is 68.0. The van der Waals surface area contributed by atoms with Crippen molar-refractivity contribution in [3.63, 3.8) is 0 Å². The van der Waals surface area contributed by atoms with Gasteiger partial charge in [0.25, 0.3) is 7.82 Å². The van der Waals surface area contributed by atoms with Gasteiger partial charge >= 0.3 is 5.97 Å². The number of phosphoric ester groups is 1. The summed E-state index contributed by atoms with van der Waals surface area (Å²) in [5.74, 6) is -0.327. The van der Waals surface area contributed by atoms with Gasteiger partial charge in [0.05, 0.1) is 34.4 Å². The van der Waals surface area contributed by atoms with Crippen LogP contribution in [0.25, 0.3) is 0 Å². The van der Waals surface area contributed by atoms with E-state index in [9.17, 15) is 14.3 Å². The lowest BCUT2D eigenvalue weighted by molar-refractivity contribution is -0.870. The van der Waals surface area contributed by atoms with Crippen molar-refractivity contribution in [2.75, 3.05) is 54.1 Å². The number of nitrogens with zero attached hydrogens (tertiary/aromatic N) is 1. The molecule has 0 N–H and O–H groups in total. The number of hydrogen-bond acceptors (Lipinski definition) is 7. The highest BCUT2D eigenvalue weighted by molar-refractivity contribution is 7.45. The Bertz CT molecular complexity index is 1190. The molecule has 0 aliphatic carbocycles. The van der Waals surface area contributed by atoms with E-state index in [1.165, 1.54) is 250 Å². The normalized spacial score (nSPS) is 13.5. The number of ether oxygens (including phenoxy) is 2. The summed E-state index contributed by atoms with van der Waals surface area (Å²) in [6, 6.07) is 0. The number of allylic oxidation sites excluding steroid dienone is 4. The number of esters is 1. The van der Waals surface area contributed by atoms with Crippen LogP contribution in [-0.4, -0.2) is 70.7 Å². The van der Waals surface area contributed by atoms with Crippen LogP contribution in [0.15, 0.2) is 24.3 Å². The predicted molar refractivity (Wildman–Crippen MR) is 305 cm³/mol. The van der Waals surface area contributed by atoms with Gasteiger partial charge in [0.2, 0.25) is 0 Å². The van der Waals surface area contributed by atoms with Gasteiger partial charge in [-0.25, -0.2) is 0 Å². The SMILES string of the molecule is CCCCCCC/C=C\C/C=C\CCCCCCCCCCCCCCCC(=O)OC(COCCCCCCCCCCCCCCCCCCCCCCCCCC)COP(=O)([O-])OCC[N+](C)(C)C. The summed E-state index contributed by atoms with van der Waals surface area (Å²) in [4.78, 5) is 25.3. The second-order valence-electron chi connectivity index (χ2n) is 22.4. The summed E-state index contributed by atoms with van der Waals surface area (Å²) < 4.78 is 34.9. The second kappa shape index (κ2) is 55.2. The van der Waals surface area contributed by atoms with E-state index in [1.54, 1.807) is 0 Å². The van der Waals surface area contributed by atoms with Gasteiger partial charge in [-0.15, -0.1) is 0 Å². The highest BCUT2D eigenvalue weighted by Crippen LogP contribution is 2.38. The zero-order valence-corrected chi connectivity index (χ0v) is 49.1. The maximum Gasteiger partial charge on any atom is 0.306 e.